The molecular weight excluding hydrogens is 360 g/mol. The van der Waals surface area contributed by atoms with Gasteiger partial charge < -0.3 is 0 Å². The molecule has 0 heterocycles. The Balaban J connectivity index is 3.37. The van der Waals surface area contributed by atoms with Crippen LogP contribution in [0.25, 0.3) is 0 Å². The number of hydrogen-bond donors (Lipinski definition) is 0. The summed E-state index contributed by atoms with van der Waals surface area (Å²) in [4.78, 5) is 0. The van der Waals surface area contributed by atoms with Gasteiger partial charge in [0.25, 0.3) is 0 Å². The number of alkyl halides is 3. The van der Waals surface area contributed by atoms with Gasteiger partial charge in [0.2, 0.25) is 0 Å². The highest BCUT2D eigenvalue weighted by Gasteiger charge is 2.33. The molecule has 0 N–H and O–H groups in total. The SMILES string of the molecule is Cc1cc(Br)cc(C(F)(F)F)c1I. The smallest absolute Gasteiger partial charge is 0.166 e. The van der Waals surface area contributed by atoms with Gasteiger partial charge in [0.15, 0.2) is 0 Å². The summed E-state index contributed by atoms with van der Waals surface area (Å²) < 4.78 is 37.9. The first-order chi connectivity index (χ1) is 5.82. The van der Waals surface area contributed by atoms with Crippen molar-refractivity contribution in [3.8, 4) is 0 Å². The number of benzene rings is 1. The fourth-order valence-corrected chi connectivity index (χ4v) is 2.12. The molecule has 0 fully saturated rings. The summed E-state index contributed by atoms with van der Waals surface area (Å²) in [6.07, 6.45) is -4.27. The quantitative estimate of drug-likeness (QED) is 0.599. The molecule has 0 aliphatic carbocycles. The average molecular weight is 365 g/mol. The number of halogens is 5. The van der Waals surface area contributed by atoms with Crippen LogP contribution in [0, 0.1) is 10.5 Å². The summed E-state index contributed by atoms with van der Waals surface area (Å²) in [7, 11) is 0. The van der Waals surface area contributed by atoms with Gasteiger partial charge in [0, 0.05) is 8.04 Å². The van der Waals surface area contributed by atoms with Crippen molar-refractivity contribution in [3.63, 3.8) is 0 Å². The Kier molecular flexibility index (Phi) is 3.27. The van der Waals surface area contributed by atoms with Crippen molar-refractivity contribution in [2.24, 2.45) is 0 Å². The van der Waals surface area contributed by atoms with Crippen molar-refractivity contribution in [2.75, 3.05) is 0 Å². The second-order valence-corrected chi connectivity index (χ2v) is 4.58. The molecule has 0 aromatic heterocycles. The zero-order valence-electron chi connectivity index (χ0n) is 6.54. The van der Waals surface area contributed by atoms with E-state index in [1.807, 2.05) is 0 Å². The molecule has 13 heavy (non-hydrogen) atoms. The summed E-state index contributed by atoms with van der Waals surface area (Å²) in [5.41, 5.74) is 0.0438. The van der Waals surface area contributed by atoms with Crippen molar-refractivity contribution in [2.45, 2.75) is 13.1 Å². The van der Waals surface area contributed by atoms with Crippen LogP contribution in [-0.2, 0) is 6.18 Å². The Morgan fingerprint density at radius 3 is 2.31 bits per heavy atom. The highest BCUT2D eigenvalue weighted by Crippen LogP contribution is 2.35. The summed E-state index contributed by atoms with van der Waals surface area (Å²) >= 11 is 4.74. The minimum Gasteiger partial charge on any atom is -0.166 e. The molecule has 0 bridgehead atoms. The molecule has 0 aliphatic heterocycles. The zero-order chi connectivity index (χ0) is 10.2. The molecular formula is C8H5BrF3I. The second-order valence-electron chi connectivity index (χ2n) is 2.58. The molecule has 0 nitrogen and oxygen atoms in total. The van der Waals surface area contributed by atoms with E-state index < -0.39 is 11.7 Å². The van der Waals surface area contributed by atoms with E-state index in [0.717, 1.165) is 6.07 Å². The molecule has 1 aromatic carbocycles. The minimum absolute atomic E-state index is 0.258. The summed E-state index contributed by atoms with van der Waals surface area (Å²) in [5.74, 6) is 0. The second kappa shape index (κ2) is 3.76. The Hall–Kier alpha value is 0.220. The first-order valence-electron chi connectivity index (χ1n) is 3.35. The lowest BCUT2D eigenvalue weighted by atomic mass is 10.1. The zero-order valence-corrected chi connectivity index (χ0v) is 10.3. The summed E-state index contributed by atoms with van der Waals surface area (Å²) in [6, 6.07) is 2.76. The van der Waals surface area contributed by atoms with E-state index in [0.29, 0.717) is 10.0 Å². The van der Waals surface area contributed by atoms with Crippen molar-refractivity contribution in [3.05, 3.63) is 31.3 Å². The van der Waals surface area contributed by atoms with Crippen molar-refractivity contribution in [1.82, 2.24) is 0 Å². The number of hydrogen-bond acceptors (Lipinski definition) is 0. The summed E-state index contributed by atoms with van der Waals surface area (Å²) in [5, 5.41) is 0. The van der Waals surface area contributed by atoms with E-state index in [4.69, 9.17) is 0 Å². The van der Waals surface area contributed by atoms with Crippen LogP contribution in [0.3, 0.4) is 0 Å². The molecule has 0 aliphatic rings. The minimum atomic E-state index is -4.27. The lowest BCUT2D eigenvalue weighted by molar-refractivity contribution is -0.138. The van der Waals surface area contributed by atoms with Crippen LogP contribution in [0.15, 0.2) is 16.6 Å². The third-order valence-electron chi connectivity index (χ3n) is 1.52. The third kappa shape index (κ3) is 2.59. The van der Waals surface area contributed by atoms with Crippen molar-refractivity contribution < 1.29 is 13.2 Å². The Morgan fingerprint density at radius 2 is 1.85 bits per heavy atom. The van der Waals surface area contributed by atoms with Gasteiger partial charge in [0.1, 0.15) is 0 Å². The Bertz CT molecular complexity index is 333. The van der Waals surface area contributed by atoms with Crippen LogP contribution in [0.1, 0.15) is 11.1 Å². The fraction of sp³-hybridized carbons (Fsp3) is 0.250. The van der Waals surface area contributed by atoms with Gasteiger partial charge in [-0.1, -0.05) is 15.9 Å². The van der Waals surface area contributed by atoms with E-state index in [2.05, 4.69) is 15.9 Å². The molecule has 1 aromatic rings. The normalized spacial score (nSPS) is 11.8. The van der Waals surface area contributed by atoms with Crippen molar-refractivity contribution >= 4 is 38.5 Å². The average Bonchev–Trinajstić information content (AvgIpc) is 1.94. The highest BCUT2D eigenvalue weighted by atomic mass is 127. The van der Waals surface area contributed by atoms with Crippen LogP contribution >= 0.6 is 38.5 Å². The first-order valence-corrected chi connectivity index (χ1v) is 5.22. The van der Waals surface area contributed by atoms with E-state index in [1.54, 1.807) is 35.6 Å². The van der Waals surface area contributed by atoms with Gasteiger partial charge in [-0.3, -0.25) is 0 Å². The van der Waals surface area contributed by atoms with Gasteiger partial charge in [0.05, 0.1) is 5.56 Å². The van der Waals surface area contributed by atoms with Gasteiger partial charge in [-0.2, -0.15) is 13.2 Å². The molecule has 0 saturated carbocycles. The van der Waals surface area contributed by atoms with Gasteiger partial charge >= 0.3 is 6.18 Å². The summed E-state index contributed by atoms with van der Waals surface area (Å²) in [6.45, 7) is 1.65. The van der Waals surface area contributed by atoms with Crippen LogP contribution in [-0.4, -0.2) is 0 Å². The molecule has 0 unspecified atom stereocenters. The van der Waals surface area contributed by atoms with Crippen LogP contribution < -0.4 is 0 Å². The number of rotatable bonds is 0. The third-order valence-corrected chi connectivity index (χ3v) is 3.41. The predicted molar refractivity (Wildman–Crippen MR) is 56.6 cm³/mol. The van der Waals surface area contributed by atoms with E-state index in [9.17, 15) is 13.2 Å². The van der Waals surface area contributed by atoms with Gasteiger partial charge in [-0.15, -0.1) is 0 Å². The van der Waals surface area contributed by atoms with E-state index in [1.165, 1.54) is 0 Å². The molecule has 0 atom stereocenters. The van der Waals surface area contributed by atoms with Crippen LogP contribution in [0.4, 0.5) is 13.2 Å². The highest BCUT2D eigenvalue weighted by molar-refractivity contribution is 14.1. The molecule has 0 radical (unpaired) electrons. The Morgan fingerprint density at radius 1 is 1.31 bits per heavy atom. The van der Waals surface area contributed by atoms with Gasteiger partial charge in [-0.05, 0) is 47.2 Å². The number of aryl methyl sites for hydroxylation is 1. The molecule has 0 spiro atoms. The molecule has 1 rings (SSSR count). The Labute approximate surface area is 95.8 Å². The first kappa shape index (κ1) is 11.3. The lowest BCUT2D eigenvalue weighted by Gasteiger charge is -2.11. The predicted octanol–water partition coefficient (Wildman–Crippen LogP) is 4.38. The maximum atomic E-state index is 12.4. The topological polar surface area (TPSA) is 0 Å². The van der Waals surface area contributed by atoms with Crippen LogP contribution in [0.2, 0.25) is 0 Å². The lowest BCUT2D eigenvalue weighted by Crippen LogP contribution is -2.08. The standard InChI is InChI=1S/C8H5BrF3I/c1-4-2-5(9)3-6(7(4)13)8(10,11)12/h2-3H,1H3. The largest absolute Gasteiger partial charge is 0.417 e. The molecule has 0 saturated heterocycles. The maximum absolute atomic E-state index is 12.4. The van der Waals surface area contributed by atoms with Crippen LogP contribution in [0.5, 0.6) is 0 Å². The van der Waals surface area contributed by atoms with E-state index >= 15 is 0 Å². The fourth-order valence-electron chi connectivity index (χ4n) is 0.932. The van der Waals surface area contributed by atoms with Gasteiger partial charge in [-0.25, -0.2) is 0 Å². The van der Waals surface area contributed by atoms with Crippen molar-refractivity contribution in [1.29, 1.82) is 0 Å². The molecule has 72 valence electrons. The molecule has 0 amide bonds. The monoisotopic (exact) mass is 364 g/mol. The van der Waals surface area contributed by atoms with E-state index in [-0.39, 0.29) is 3.57 Å². The maximum Gasteiger partial charge on any atom is 0.417 e. The molecule has 5 heteroatoms.